The van der Waals surface area contributed by atoms with Gasteiger partial charge in [0.2, 0.25) is 0 Å². The lowest BCUT2D eigenvalue weighted by Crippen LogP contribution is -2.06. The molecule has 1 N–H and O–H groups in total. The maximum Gasteiger partial charge on any atom is 0.305 e. The summed E-state index contributed by atoms with van der Waals surface area (Å²) in [4.78, 5) is 22.1. The number of carboxylic acid groups (broad SMARTS) is 1. The number of hydrogen-bond donors (Lipinski definition) is 1. The molecule has 0 saturated heterocycles. The Morgan fingerprint density at radius 3 is 1.81 bits per heavy atom. The molecule has 0 aromatic carbocycles. The number of unbranched alkanes of at least 4 members (excludes halogenated alkanes) is 12. The summed E-state index contributed by atoms with van der Waals surface area (Å²) >= 11 is 1.71. The van der Waals surface area contributed by atoms with Crippen molar-refractivity contribution in [2.75, 3.05) is 18.1 Å². The van der Waals surface area contributed by atoms with Crippen LogP contribution in [-0.4, -0.2) is 35.2 Å². The maximum absolute atomic E-state index is 11.7. The van der Waals surface area contributed by atoms with Gasteiger partial charge >= 0.3 is 11.9 Å². The van der Waals surface area contributed by atoms with E-state index in [9.17, 15) is 9.59 Å². The van der Waals surface area contributed by atoms with Crippen LogP contribution in [-0.2, 0) is 14.3 Å². The van der Waals surface area contributed by atoms with Crippen LogP contribution in [0.25, 0.3) is 0 Å². The van der Waals surface area contributed by atoms with Gasteiger partial charge in [-0.3, -0.25) is 9.59 Å². The number of esters is 1. The van der Waals surface area contributed by atoms with Crippen LogP contribution in [0.15, 0.2) is 12.2 Å². The van der Waals surface area contributed by atoms with Gasteiger partial charge in [-0.15, -0.1) is 0 Å². The summed E-state index contributed by atoms with van der Waals surface area (Å²) in [6, 6.07) is 0. The second kappa shape index (κ2) is 25.3. The topological polar surface area (TPSA) is 63.6 Å². The number of rotatable bonds is 24. The molecule has 0 spiro atoms. The lowest BCUT2D eigenvalue weighted by Gasteiger charge is -2.05. The van der Waals surface area contributed by atoms with Gasteiger partial charge < -0.3 is 9.84 Å². The molecular formula is C26H48O4S. The van der Waals surface area contributed by atoms with Crippen LogP contribution in [0.3, 0.4) is 0 Å². The van der Waals surface area contributed by atoms with Gasteiger partial charge in [0.05, 0.1) is 6.61 Å². The van der Waals surface area contributed by atoms with E-state index in [2.05, 4.69) is 19.1 Å². The molecule has 0 fully saturated rings. The molecule has 0 aliphatic heterocycles. The number of allylic oxidation sites excluding steroid dienone is 2. The predicted molar refractivity (Wildman–Crippen MR) is 134 cm³/mol. The first-order valence-corrected chi connectivity index (χ1v) is 13.9. The fraction of sp³-hybridized carbons (Fsp3) is 0.846. The number of carbonyl (C=O) groups excluding carboxylic acids is 1. The summed E-state index contributed by atoms with van der Waals surface area (Å²) in [5.74, 6) is 0.897. The molecule has 4 nitrogen and oxygen atoms in total. The van der Waals surface area contributed by atoms with Crippen molar-refractivity contribution in [2.45, 2.75) is 122 Å². The van der Waals surface area contributed by atoms with Crippen LogP contribution in [0, 0.1) is 0 Å². The van der Waals surface area contributed by atoms with Crippen LogP contribution >= 0.6 is 11.8 Å². The highest BCUT2D eigenvalue weighted by Crippen LogP contribution is 2.11. The molecule has 0 aromatic heterocycles. The van der Waals surface area contributed by atoms with Gasteiger partial charge in [0.25, 0.3) is 0 Å². The van der Waals surface area contributed by atoms with Crippen LogP contribution in [0.5, 0.6) is 0 Å². The van der Waals surface area contributed by atoms with Crippen molar-refractivity contribution in [3.8, 4) is 0 Å². The Kier molecular flexibility index (Phi) is 24.5. The Morgan fingerprint density at radius 2 is 1.23 bits per heavy atom. The Labute approximate surface area is 196 Å². The predicted octanol–water partition coefficient (Wildman–Crippen LogP) is 7.95. The van der Waals surface area contributed by atoms with Crippen molar-refractivity contribution in [1.82, 2.24) is 0 Å². The number of carboxylic acids is 1. The molecule has 182 valence electrons. The second-order valence-electron chi connectivity index (χ2n) is 8.37. The van der Waals surface area contributed by atoms with Gasteiger partial charge in [0.15, 0.2) is 0 Å². The molecule has 0 bridgehead atoms. The van der Waals surface area contributed by atoms with Crippen LogP contribution < -0.4 is 0 Å². The molecule has 0 aliphatic carbocycles. The molecule has 5 heteroatoms. The first-order valence-electron chi connectivity index (χ1n) is 12.8. The molecule has 0 amide bonds. The molecule has 0 aliphatic rings. The normalized spacial score (nSPS) is 11.3. The van der Waals surface area contributed by atoms with Crippen LogP contribution in [0.4, 0.5) is 0 Å². The van der Waals surface area contributed by atoms with Crippen LogP contribution in [0.2, 0.25) is 0 Å². The van der Waals surface area contributed by atoms with Crippen LogP contribution in [0.1, 0.15) is 122 Å². The molecule has 0 aromatic rings. The number of carbonyl (C=O) groups is 2. The minimum absolute atomic E-state index is 0.0983. The molecule has 0 heterocycles. The molecule has 31 heavy (non-hydrogen) atoms. The third kappa shape index (κ3) is 27.0. The Balaban J connectivity index is 3.20. The lowest BCUT2D eigenvalue weighted by atomic mass is 10.1. The molecular weight excluding hydrogens is 408 g/mol. The number of ether oxygens (including phenoxy) is 1. The average molecular weight is 457 g/mol. The Bertz CT molecular complexity index is 437. The highest BCUT2D eigenvalue weighted by atomic mass is 32.2. The minimum Gasteiger partial charge on any atom is -0.481 e. The zero-order valence-electron chi connectivity index (χ0n) is 20.1. The smallest absolute Gasteiger partial charge is 0.305 e. The fourth-order valence-corrected chi connectivity index (χ4v) is 4.25. The molecule has 0 radical (unpaired) electrons. The monoisotopic (exact) mass is 456 g/mol. The van der Waals surface area contributed by atoms with E-state index in [4.69, 9.17) is 9.84 Å². The summed E-state index contributed by atoms with van der Waals surface area (Å²) in [5, 5.41) is 8.56. The lowest BCUT2D eigenvalue weighted by molar-refractivity contribution is -0.143. The summed E-state index contributed by atoms with van der Waals surface area (Å²) in [6.07, 6.45) is 24.8. The molecule has 0 saturated carbocycles. The van der Waals surface area contributed by atoms with Gasteiger partial charge in [-0.1, -0.05) is 76.9 Å². The zero-order chi connectivity index (χ0) is 22.8. The summed E-state index contributed by atoms with van der Waals surface area (Å²) < 4.78 is 5.29. The van der Waals surface area contributed by atoms with E-state index < -0.39 is 5.97 Å². The molecule has 0 rings (SSSR count). The second-order valence-corrected chi connectivity index (χ2v) is 9.60. The van der Waals surface area contributed by atoms with E-state index in [1.807, 2.05) is 0 Å². The largest absolute Gasteiger partial charge is 0.481 e. The highest BCUT2D eigenvalue weighted by Gasteiger charge is 2.03. The summed E-state index contributed by atoms with van der Waals surface area (Å²) in [6.45, 7) is 2.81. The first kappa shape index (κ1) is 30.0. The van der Waals surface area contributed by atoms with E-state index in [-0.39, 0.29) is 12.4 Å². The van der Waals surface area contributed by atoms with Crippen molar-refractivity contribution >= 4 is 23.7 Å². The van der Waals surface area contributed by atoms with Gasteiger partial charge in [-0.2, -0.15) is 11.8 Å². The van der Waals surface area contributed by atoms with Crippen molar-refractivity contribution < 1.29 is 19.4 Å². The fourth-order valence-electron chi connectivity index (χ4n) is 3.35. The van der Waals surface area contributed by atoms with E-state index in [0.29, 0.717) is 19.4 Å². The molecule has 0 unspecified atom stereocenters. The summed E-state index contributed by atoms with van der Waals surface area (Å²) in [5.41, 5.74) is 0. The van der Waals surface area contributed by atoms with Gasteiger partial charge in [-0.25, -0.2) is 0 Å². The van der Waals surface area contributed by atoms with Crippen molar-refractivity contribution in [1.29, 1.82) is 0 Å². The van der Waals surface area contributed by atoms with E-state index in [1.165, 1.54) is 77.0 Å². The number of aliphatic carboxylic acids is 1. The average Bonchev–Trinajstić information content (AvgIpc) is 2.75. The van der Waals surface area contributed by atoms with Gasteiger partial charge in [0, 0.05) is 12.8 Å². The SMILES string of the molecule is CCCCCCCC/C=C\CCCCCCCCOC(=O)CCCSCCCC(=O)O. The van der Waals surface area contributed by atoms with Crippen molar-refractivity contribution in [3.05, 3.63) is 12.2 Å². The highest BCUT2D eigenvalue weighted by molar-refractivity contribution is 7.99. The standard InChI is InChI=1S/C26H48O4S/c1-2-3-4-5-6-7-8-9-10-11-12-13-14-15-16-17-22-30-26(29)21-19-24-31-23-18-20-25(27)28/h9-10H,2-8,11-24H2,1H3,(H,27,28)/b10-9-. The Hall–Kier alpha value is -0.970. The number of hydrogen-bond acceptors (Lipinski definition) is 4. The van der Waals surface area contributed by atoms with Crippen molar-refractivity contribution in [3.63, 3.8) is 0 Å². The zero-order valence-corrected chi connectivity index (χ0v) is 20.9. The quantitative estimate of drug-likeness (QED) is 0.0907. The third-order valence-electron chi connectivity index (χ3n) is 5.27. The van der Waals surface area contributed by atoms with Crippen molar-refractivity contribution in [2.24, 2.45) is 0 Å². The number of thioether (sulfide) groups is 1. The first-order chi connectivity index (χ1) is 15.2. The maximum atomic E-state index is 11.7. The molecule has 0 atom stereocenters. The van der Waals surface area contributed by atoms with Gasteiger partial charge in [-0.05, 0) is 56.5 Å². The van der Waals surface area contributed by atoms with Gasteiger partial charge in [0.1, 0.15) is 0 Å². The van der Waals surface area contributed by atoms with E-state index in [1.54, 1.807) is 11.8 Å². The van der Waals surface area contributed by atoms with E-state index in [0.717, 1.165) is 30.8 Å². The summed E-state index contributed by atoms with van der Waals surface area (Å²) in [7, 11) is 0. The third-order valence-corrected chi connectivity index (χ3v) is 6.42. The Morgan fingerprint density at radius 1 is 0.710 bits per heavy atom. The minimum atomic E-state index is -0.740. The van der Waals surface area contributed by atoms with E-state index >= 15 is 0 Å².